The molecular weight excluding hydrogens is 522 g/mol. The van der Waals surface area contributed by atoms with E-state index in [1.54, 1.807) is 11.8 Å². The molecule has 41 heavy (non-hydrogen) atoms. The number of carbonyl (C=O) groups is 3. The van der Waals surface area contributed by atoms with Gasteiger partial charge in [-0.15, -0.1) is 0 Å². The van der Waals surface area contributed by atoms with Crippen LogP contribution in [0.5, 0.6) is 5.75 Å². The Kier molecular flexibility index (Phi) is 7.22. The highest BCUT2D eigenvalue weighted by atomic mass is 16.5. The molecule has 3 amide bonds. The lowest BCUT2D eigenvalue weighted by atomic mass is 9.74. The molecule has 4 aliphatic heterocycles. The predicted molar refractivity (Wildman–Crippen MR) is 153 cm³/mol. The number of benzene rings is 1. The molecule has 1 aromatic rings. The first-order chi connectivity index (χ1) is 19.8. The Hall–Kier alpha value is -3.17. The monoisotopic (exact) mass is 563 g/mol. The zero-order valence-electron chi connectivity index (χ0n) is 24.2. The van der Waals surface area contributed by atoms with Gasteiger partial charge >= 0.3 is 0 Å². The van der Waals surface area contributed by atoms with Crippen molar-refractivity contribution in [2.75, 3.05) is 31.2 Å². The van der Waals surface area contributed by atoms with E-state index >= 15 is 0 Å². The van der Waals surface area contributed by atoms with Crippen LogP contribution in [0.3, 0.4) is 0 Å². The largest absolute Gasteiger partial charge is 0.494 e. The predicted octanol–water partition coefficient (Wildman–Crippen LogP) is 3.07. The number of anilines is 1. The van der Waals surface area contributed by atoms with Gasteiger partial charge in [0.1, 0.15) is 17.4 Å². The number of hydrogen-bond donors (Lipinski definition) is 1. The maximum absolute atomic E-state index is 14.5. The maximum atomic E-state index is 14.5. The van der Waals surface area contributed by atoms with Crippen LogP contribution in [-0.4, -0.2) is 88.3 Å². The topological polar surface area (TPSA) is 99.6 Å². The van der Waals surface area contributed by atoms with Crippen molar-refractivity contribution >= 4 is 23.4 Å². The van der Waals surface area contributed by atoms with E-state index < -0.39 is 35.1 Å². The summed E-state index contributed by atoms with van der Waals surface area (Å²) in [5.41, 5.74) is -1.70. The Morgan fingerprint density at radius 2 is 1.68 bits per heavy atom. The molecule has 5 aliphatic rings. The Balaban J connectivity index is 1.42. The highest BCUT2D eigenvalue weighted by molar-refractivity contribution is 6.04. The minimum absolute atomic E-state index is 0.107. The molecule has 220 valence electrons. The van der Waals surface area contributed by atoms with Gasteiger partial charge < -0.3 is 29.3 Å². The van der Waals surface area contributed by atoms with Crippen molar-refractivity contribution in [1.82, 2.24) is 9.80 Å². The van der Waals surface area contributed by atoms with E-state index in [0.717, 1.165) is 25.7 Å². The van der Waals surface area contributed by atoms with Crippen LogP contribution in [-0.2, 0) is 19.1 Å². The van der Waals surface area contributed by atoms with Crippen molar-refractivity contribution in [2.45, 2.75) is 82.2 Å². The lowest BCUT2D eigenvalue weighted by Gasteiger charge is -2.41. The molecule has 0 bridgehead atoms. The second-order valence-corrected chi connectivity index (χ2v) is 12.2. The molecule has 1 aromatic carbocycles. The summed E-state index contributed by atoms with van der Waals surface area (Å²) >= 11 is 0. The molecule has 9 nitrogen and oxygen atoms in total. The number of carbonyl (C=O) groups excluding carboxylic acids is 3. The van der Waals surface area contributed by atoms with Crippen molar-refractivity contribution in [1.29, 1.82) is 0 Å². The second kappa shape index (κ2) is 10.6. The first-order valence-corrected chi connectivity index (χ1v) is 15.1. The zero-order valence-corrected chi connectivity index (χ0v) is 24.2. The van der Waals surface area contributed by atoms with Gasteiger partial charge in [0.15, 0.2) is 0 Å². The van der Waals surface area contributed by atoms with E-state index in [1.807, 2.05) is 67.3 Å². The number of amides is 3. The molecule has 9 heteroatoms. The summed E-state index contributed by atoms with van der Waals surface area (Å²) < 4.78 is 12.5. The maximum Gasteiger partial charge on any atom is 0.249 e. The molecule has 0 aromatic heterocycles. The number of aliphatic hydroxyl groups excluding tert-OH is 1. The minimum Gasteiger partial charge on any atom is -0.494 e. The van der Waals surface area contributed by atoms with Gasteiger partial charge in [0.05, 0.1) is 36.7 Å². The van der Waals surface area contributed by atoms with Crippen LogP contribution < -0.4 is 9.64 Å². The van der Waals surface area contributed by atoms with Gasteiger partial charge in [-0.1, -0.05) is 43.6 Å². The fourth-order valence-electron chi connectivity index (χ4n) is 7.88. The van der Waals surface area contributed by atoms with Crippen molar-refractivity contribution in [3.05, 3.63) is 48.6 Å². The van der Waals surface area contributed by atoms with E-state index in [2.05, 4.69) is 0 Å². The van der Waals surface area contributed by atoms with Crippen molar-refractivity contribution in [3.63, 3.8) is 0 Å². The Morgan fingerprint density at radius 3 is 2.37 bits per heavy atom. The second-order valence-electron chi connectivity index (χ2n) is 12.2. The first-order valence-electron chi connectivity index (χ1n) is 15.1. The molecule has 1 unspecified atom stereocenters. The molecule has 3 fully saturated rings. The number of rotatable bonds is 6. The standard InChI is InChI=1S/C32H41N3O6/c1-4-40-24-14-12-23(13-15-24)33-18-8-16-31(3)25(28(33)37)26-29(38)35(21(2)20-36)27-30(39)34(22-10-6-5-7-11-22)19-9-17-32(26,27)41-31/h8-9,12-17,21-22,25-27,36H,4-7,10-11,18-20H2,1-3H3/t21-,25+,26+,27?,31-,32+/m1/s1. The first kappa shape index (κ1) is 28.0. The van der Waals surface area contributed by atoms with E-state index in [9.17, 15) is 19.5 Å². The number of nitrogens with zero attached hydrogens (tertiary/aromatic N) is 3. The van der Waals surface area contributed by atoms with Gasteiger partial charge in [0.2, 0.25) is 17.7 Å². The lowest BCUT2D eigenvalue weighted by molar-refractivity contribution is -0.155. The molecular formula is C32H41N3O6. The van der Waals surface area contributed by atoms with E-state index in [0.29, 0.717) is 31.1 Å². The van der Waals surface area contributed by atoms with Gasteiger partial charge in [-0.05, 0) is 57.9 Å². The third kappa shape index (κ3) is 4.31. The van der Waals surface area contributed by atoms with Gasteiger partial charge in [0.25, 0.3) is 0 Å². The Bertz CT molecular complexity index is 1260. The van der Waals surface area contributed by atoms with Crippen molar-refractivity contribution in [2.24, 2.45) is 11.8 Å². The van der Waals surface area contributed by atoms with Crippen LogP contribution in [0.25, 0.3) is 0 Å². The zero-order chi connectivity index (χ0) is 28.9. The molecule has 2 saturated heterocycles. The fraction of sp³-hybridized carbons (Fsp3) is 0.594. The number of aliphatic hydroxyl groups is 1. The van der Waals surface area contributed by atoms with Gasteiger partial charge in [0, 0.05) is 24.8 Å². The summed E-state index contributed by atoms with van der Waals surface area (Å²) in [4.78, 5) is 48.5. The molecule has 1 aliphatic carbocycles. The minimum atomic E-state index is -1.32. The SMILES string of the molecule is CCOc1ccc(N2CC=C[C@@]3(C)O[C@]45C=CCN(C6CCCCC6)C(=O)C4N([C@H](C)CO)C(=O)[C@@H]5[C@H]3C2=O)cc1. The molecule has 6 atom stereocenters. The van der Waals surface area contributed by atoms with E-state index in [-0.39, 0.29) is 30.4 Å². The summed E-state index contributed by atoms with van der Waals surface area (Å²) in [7, 11) is 0. The van der Waals surface area contributed by atoms with Gasteiger partial charge in [-0.25, -0.2) is 0 Å². The summed E-state index contributed by atoms with van der Waals surface area (Å²) in [5.74, 6) is -1.73. The normalized spacial score (nSPS) is 34.3. The Labute approximate surface area is 241 Å². The van der Waals surface area contributed by atoms with Gasteiger partial charge in [-0.3, -0.25) is 14.4 Å². The molecule has 6 rings (SSSR count). The number of ether oxygens (including phenoxy) is 2. The smallest absolute Gasteiger partial charge is 0.249 e. The van der Waals surface area contributed by atoms with Gasteiger partial charge in [-0.2, -0.15) is 0 Å². The van der Waals surface area contributed by atoms with Crippen LogP contribution >= 0.6 is 0 Å². The highest BCUT2D eigenvalue weighted by Crippen LogP contribution is 2.58. The number of likely N-dealkylation sites (tertiary alicyclic amines) is 1. The van der Waals surface area contributed by atoms with Crippen molar-refractivity contribution < 1.29 is 29.0 Å². The highest BCUT2D eigenvalue weighted by Gasteiger charge is 2.75. The number of hydrogen-bond acceptors (Lipinski definition) is 6. The van der Waals surface area contributed by atoms with E-state index in [4.69, 9.17) is 9.47 Å². The molecule has 4 heterocycles. The fourth-order valence-corrected chi connectivity index (χ4v) is 7.88. The molecule has 1 saturated carbocycles. The van der Waals surface area contributed by atoms with Crippen LogP contribution in [0.4, 0.5) is 5.69 Å². The molecule has 0 radical (unpaired) electrons. The third-order valence-electron chi connectivity index (χ3n) is 9.74. The average Bonchev–Trinajstić information content (AvgIpc) is 3.25. The van der Waals surface area contributed by atoms with Crippen LogP contribution in [0.15, 0.2) is 48.6 Å². The van der Waals surface area contributed by atoms with Crippen LogP contribution in [0.1, 0.15) is 52.9 Å². The summed E-state index contributed by atoms with van der Waals surface area (Å²) in [6.45, 7) is 6.55. The molecule has 1 spiro atoms. The summed E-state index contributed by atoms with van der Waals surface area (Å²) in [5, 5.41) is 10.2. The third-order valence-corrected chi connectivity index (χ3v) is 9.74. The van der Waals surface area contributed by atoms with E-state index in [1.165, 1.54) is 11.3 Å². The van der Waals surface area contributed by atoms with Crippen LogP contribution in [0.2, 0.25) is 0 Å². The molecule has 1 N–H and O–H groups in total. The number of fused-ring (bicyclic) bond motifs is 2. The lowest BCUT2D eigenvalue weighted by Crippen LogP contribution is -2.59. The summed E-state index contributed by atoms with van der Waals surface area (Å²) in [6, 6.07) is 5.92. The summed E-state index contributed by atoms with van der Waals surface area (Å²) in [6.07, 6.45) is 12.8. The quantitative estimate of drug-likeness (QED) is 0.534. The van der Waals surface area contributed by atoms with Crippen molar-refractivity contribution in [3.8, 4) is 5.75 Å². The Morgan fingerprint density at radius 1 is 0.976 bits per heavy atom. The average molecular weight is 564 g/mol. The van der Waals surface area contributed by atoms with Crippen LogP contribution in [0, 0.1) is 11.8 Å².